The lowest BCUT2D eigenvalue weighted by atomic mass is 10.2. The molecule has 17 heavy (non-hydrogen) atoms. The number of oxime groups is 1. The number of amidine groups is 1. The first-order chi connectivity index (χ1) is 8.27. The monoisotopic (exact) mass is 242 g/mol. The molecule has 0 aromatic carbocycles. The van der Waals surface area contributed by atoms with Gasteiger partial charge in [0.25, 0.3) is 0 Å². The van der Waals surface area contributed by atoms with Gasteiger partial charge < -0.3 is 16.3 Å². The molecule has 0 amide bonds. The van der Waals surface area contributed by atoms with E-state index in [0.717, 1.165) is 45.1 Å². The maximum absolute atomic E-state index is 8.36. The Kier molecular flexibility index (Phi) is 6.96. The second kappa shape index (κ2) is 8.31. The second-order valence-corrected chi connectivity index (χ2v) is 4.66. The third kappa shape index (κ3) is 6.48. The minimum absolute atomic E-state index is 0.330. The average molecular weight is 242 g/mol. The number of unbranched alkanes of at least 4 members (excludes halogenated alkanes) is 1. The summed E-state index contributed by atoms with van der Waals surface area (Å²) in [5.74, 6) is 0.330. The lowest BCUT2D eigenvalue weighted by Gasteiger charge is -2.19. The first-order valence-corrected chi connectivity index (χ1v) is 6.69. The van der Waals surface area contributed by atoms with Crippen molar-refractivity contribution in [2.45, 2.75) is 45.1 Å². The normalized spacial score (nSPS) is 16.7. The fourth-order valence-corrected chi connectivity index (χ4v) is 1.99. The van der Waals surface area contributed by atoms with E-state index in [1.54, 1.807) is 0 Å². The van der Waals surface area contributed by atoms with Crippen LogP contribution >= 0.6 is 0 Å². The van der Waals surface area contributed by atoms with E-state index in [2.05, 4.69) is 22.3 Å². The van der Waals surface area contributed by atoms with E-state index in [-0.39, 0.29) is 0 Å². The summed E-state index contributed by atoms with van der Waals surface area (Å²) in [4.78, 5) is 2.55. The van der Waals surface area contributed by atoms with Crippen LogP contribution in [0.2, 0.25) is 0 Å². The largest absolute Gasteiger partial charge is 0.409 e. The van der Waals surface area contributed by atoms with Gasteiger partial charge in [0.05, 0.1) is 0 Å². The van der Waals surface area contributed by atoms with Crippen LogP contribution in [0.1, 0.15) is 39.0 Å². The number of rotatable bonds is 10. The van der Waals surface area contributed by atoms with E-state index in [1.165, 1.54) is 12.8 Å². The molecule has 1 aliphatic carbocycles. The molecule has 0 bridgehead atoms. The van der Waals surface area contributed by atoms with Crippen LogP contribution in [0.15, 0.2) is 5.16 Å². The lowest BCUT2D eigenvalue weighted by Crippen LogP contribution is -2.34. The van der Waals surface area contributed by atoms with Crippen molar-refractivity contribution in [2.75, 3.05) is 26.2 Å². The smallest absolute Gasteiger partial charge is 0.139 e. The quantitative estimate of drug-likeness (QED) is 0.175. The Morgan fingerprint density at radius 2 is 2.18 bits per heavy atom. The van der Waals surface area contributed by atoms with Gasteiger partial charge in [-0.3, -0.25) is 4.90 Å². The van der Waals surface area contributed by atoms with Crippen molar-refractivity contribution in [3.63, 3.8) is 0 Å². The van der Waals surface area contributed by atoms with Crippen molar-refractivity contribution in [2.24, 2.45) is 10.9 Å². The van der Waals surface area contributed by atoms with E-state index in [0.29, 0.717) is 12.3 Å². The van der Waals surface area contributed by atoms with Crippen molar-refractivity contribution >= 4 is 5.84 Å². The van der Waals surface area contributed by atoms with Gasteiger partial charge in [0.15, 0.2) is 0 Å². The summed E-state index contributed by atoms with van der Waals surface area (Å²) in [5.41, 5.74) is 5.38. The third-order valence-corrected chi connectivity index (χ3v) is 3.21. The number of nitrogens with zero attached hydrogens (tertiary/aromatic N) is 2. The standard InChI is InChI=1S/C12H26N4O/c1-2-16(11-6-7-11)10-9-14-8-4-3-5-12(13)15-17/h11,14,17H,2-10H2,1H3,(H2,13,15). The van der Waals surface area contributed by atoms with Gasteiger partial charge in [-0.1, -0.05) is 12.1 Å². The Labute approximate surface area is 104 Å². The molecule has 5 nitrogen and oxygen atoms in total. The van der Waals surface area contributed by atoms with Crippen LogP contribution in [0.4, 0.5) is 0 Å². The molecule has 0 unspecified atom stereocenters. The summed E-state index contributed by atoms with van der Waals surface area (Å²) in [6.07, 6.45) is 5.50. The van der Waals surface area contributed by atoms with Gasteiger partial charge in [-0.2, -0.15) is 0 Å². The SMILES string of the molecule is CCN(CCNCCCCC(N)=NO)C1CC1. The van der Waals surface area contributed by atoms with Crippen LogP contribution in [0, 0.1) is 0 Å². The number of nitrogens with one attached hydrogen (secondary N) is 1. The zero-order valence-corrected chi connectivity index (χ0v) is 10.9. The Balaban J connectivity index is 1.87. The molecule has 0 atom stereocenters. The minimum atomic E-state index is 0.330. The second-order valence-electron chi connectivity index (χ2n) is 4.66. The molecule has 1 aliphatic rings. The molecule has 1 saturated carbocycles. The third-order valence-electron chi connectivity index (χ3n) is 3.21. The summed E-state index contributed by atoms with van der Waals surface area (Å²) >= 11 is 0. The molecule has 0 spiro atoms. The van der Waals surface area contributed by atoms with Gasteiger partial charge >= 0.3 is 0 Å². The molecule has 0 aromatic heterocycles. The zero-order valence-electron chi connectivity index (χ0n) is 10.9. The van der Waals surface area contributed by atoms with E-state index >= 15 is 0 Å². The molecule has 0 saturated heterocycles. The molecule has 4 N–H and O–H groups in total. The molecule has 0 aromatic rings. The molecule has 0 heterocycles. The van der Waals surface area contributed by atoms with E-state index < -0.39 is 0 Å². The summed E-state index contributed by atoms with van der Waals surface area (Å²) in [5, 5.41) is 14.8. The molecule has 1 rings (SSSR count). The molecule has 5 heteroatoms. The predicted octanol–water partition coefficient (Wildman–Crippen LogP) is 0.977. The maximum atomic E-state index is 8.36. The average Bonchev–Trinajstić information content (AvgIpc) is 3.16. The van der Waals surface area contributed by atoms with Crippen molar-refractivity contribution in [1.82, 2.24) is 10.2 Å². The van der Waals surface area contributed by atoms with Crippen LogP contribution in [-0.4, -0.2) is 48.2 Å². The van der Waals surface area contributed by atoms with Crippen molar-refractivity contribution < 1.29 is 5.21 Å². The Morgan fingerprint density at radius 3 is 2.76 bits per heavy atom. The summed E-state index contributed by atoms with van der Waals surface area (Å²) < 4.78 is 0. The van der Waals surface area contributed by atoms with Crippen LogP contribution in [0.5, 0.6) is 0 Å². The lowest BCUT2D eigenvalue weighted by molar-refractivity contribution is 0.277. The fraction of sp³-hybridized carbons (Fsp3) is 0.917. The number of hydrogen-bond donors (Lipinski definition) is 3. The summed E-state index contributed by atoms with van der Waals surface area (Å²) in [6.45, 7) is 6.63. The summed E-state index contributed by atoms with van der Waals surface area (Å²) in [6, 6.07) is 0.863. The number of hydrogen-bond acceptors (Lipinski definition) is 4. The predicted molar refractivity (Wildman–Crippen MR) is 70.4 cm³/mol. The van der Waals surface area contributed by atoms with Gasteiger partial charge in [-0.15, -0.1) is 0 Å². The zero-order chi connectivity index (χ0) is 12.5. The maximum Gasteiger partial charge on any atom is 0.139 e. The molecular formula is C12H26N4O. The van der Waals surface area contributed by atoms with E-state index in [1.807, 2.05) is 0 Å². The Hall–Kier alpha value is -0.810. The number of nitrogens with two attached hydrogens (primary N) is 1. The van der Waals surface area contributed by atoms with Gasteiger partial charge in [0.1, 0.15) is 5.84 Å². The van der Waals surface area contributed by atoms with E-state index in [9.17, 15) is 0 Å². The van der Waals surface area contributed by atoms with Crippen molar-refractivity contribution in [1.29, 1.82) is 0 Å². The first kappa shape index (κ1) is 14.3. The molecule has 0 aliphatic heterocycles. The highest BCUT2D eigenvalue weighted by Crippen LogP contribution is 2.25. The van der Waals surface area contributed by atoms with Crippen molar-refractivity contribution in [3.05, 3.63) is 0 Å². The highest BCUT2D eigenvalue weighted by molar-refractivity contribution is 5.79. The van der Waals surface area contributed by atoms with Gasteiger partial charge in [0, 0.05) is 25.6 Å². The van der Waals surface area contributed by atoms with Crippen molar-refractivity contribution in [3.8, 4) is 0 Å². The van der Waals surface area contributed by atoms with Gasteiger partial charge in [0.2, 0.25) is 0 Å². The highest BCUT2D eigenvalue weighted by Gasteiger charge is 2.26. The van der Waals surface area contributed by atoms with Gasteiger partial charge in [-0.25, -0.2) is 0 Å². The molecule has 1 fully saturated rings. The number of likely N-dealkylation sites (N-methyl/N-ethyl adjacent to an activating group) is 1. The van der Waals surface area contributed by atoms with Crippen LogP contribution in [0.3, 0.4) is 0 Å². The minimum Gasteiger partial charge on any atom is -0.409 e. The molecule has 100 valence electrons. The Bertz CT molecular complexity index is 229. The molecule has 0 radical (unpaired) electrons. The van der Waals surface area contributed by atoms with Crippen LogP contribution in [-0.2, 0) is 0 Å². The topological polar surface area (TPSA) is 73.9 Å². The summed E-state index contributed by atoms with van der Waals surface area (Å²) in [7, 11) is 0. The van der Waals surface area contributed by atoms with Crippen LogP contribution in [0.25, 0.3) is 0 Å². The van der Waals surface area contributed by atoms with E-state index in [4.69, 9.17) is 10.9 Å². The van der Waals surface area contributed by atoms with Gasteiger partial charge in [-0.05, 0) is 38.8 Å². The Morgan fingerprint density at radius 1 is 1.41 bits per heavy atom. The fourth-order valence-electron chi connectivity index (χ4n) is 1.99. The first-order valence-electron chi connectivity index (χ1n) is 6.69. The highest BCUT2D eigenvalue weighted by atomic mass is 16.4. The molecular weight excluding hydrogens is 216 g/mol. The van der Waals surface area contributed by atoms with Crippen LogP contribution < -0.4 is 11.1 Å².